The molecule has 0 fully saturated rings. The van der Waals surface area contributed by atoms with Crippen LogP contribution in [0, 0.1) is 0 Å². The zero-order valence-corrected chi connectivity index (χ0v) is 18.2. The number of fused-ring (bicyclic) bond motifs is 3. The van der Waals surface area contributed by atoms with Gasteiger partial charge in [-0.1, -0.05) is 48.5 Å². The number of unbranched alkanes of at least 4 members (excludes halogenated alkanes) is 1. The predicted octanol–water partition coefficient (Wildman–Crippen LogP) is 3.87. The summed E-state index contributed by atoms with van der Waals surface area (Å²) < 4.78 is 33.7. The van der Waals surface area contributed by atoms with Crippen LogP contribution in [0.4, 0.5) is 13.6 Å². The number of alkyl carbamates (subject to hydrolysis) is 1. The lowest BCUT2D eigenvalue weighted by Crippen LogP contribution is -2.49. The number of aliphatic carboxylic acids is 1. The van der Waals surface area contributed by atoms with E-state index in [9.17, 15) is 23.2 Å². The molecule has 0 radical (unpaired) electrons. The van der Waals surface area contributed by atoms with Crippen LogP contribution in [0.25, 0.3) is 11.1 Å². The molecule has 0 unspecified atom stereocenters. The maximum absolute atomic E-state index is 14.2. The van der Waals surface area contributed by atoms with Crippen LogP contribution in [0.15, 0.2) is 48.5 Å². The molecule has 1 aliphatic rings. The third kappa shape index (κ3) is 5.85. The van der Waals surface area contributed by atoms with Crippen LogP contribution >= 0.6 is 0 Å². The number of benzene rings is 2. The number of carbonyl (C=O) groups is 3. The first-order valence-corrected chi connectivity index (χ1v) is 10.6. The lowest BCUT2D eigenvalue weighted by molar-refractivity contribution is -0.155. The first-order valence-electron chi connectivity index (χ1n) is 10.6. The number of hydrogen-bond acceptors (Lipinski definition) is 4. The third-order valence-corrected chi connectivity index (χ3v) is 5.59. The number of amides is 2. The molecule has 7 nitrogen and oxygen atoms in total. The summed E-state index contributed by atoms with van der Waals surface area (Å²) in [5, 5.41) is 10.6. The Morgan fingerprint density at radius 2 is 1.61 bits per heavy atom. The zero-order valence-electron chi connectivity index (χ0n) is 18.2. The van der Waals surface area contributed by atoms with Crippen LogP contribution in [0.2, 0.25) is 0 Å². The average Bonchev–Trinajstić information content (AvgIpc) is 3.12. The van der Waals surface area contributed by atoms with Crippen molar-refractivity contribution in [2.45, 2.75) is 31.1 Å². The van der Waals surface area contributed by atoms with Gasteiger partial charge in [-0.25, -0.2) is 4.79 Å². The minimum atomic E-state index is -3.81. The highest BCUT2D eigenvalue weighted by Gasteiger charge is 2.41. The second-order valence-electron chi connectivity index (χ2n) is 7.96. The molecule has 2 N–H and O–H groups in total. The maximum atomic E-state index is 14.2. The highest BCUT2D eigenvalue weighted by molar-refractivity contribution is 5.84. The van der Waals surface area contributed by atoms with Crippen molar-refractivity contribution in [3.8, 4) is 11.1 Å². The summed E-state index contributed by atoms with van der Waals surface area (Å²) in [7, 11) is 1.21. The molecule has 33 heavy (non-hydrogen) atoms. The first kappa shape index (κ1) is 24.2. The first-order chi connectivity index (χ1) is 15.7. The average molecular weight is 460 g/mol. The van der Waals surface area contributed by atoms with E-state index in [1.54, 1.807) is 0 Å². The quantitative estimate of drug-likeness (QED) is 0.525. The second-order valence-corrected chi connectivity index (χ2v) is 7.96. The molecule has 9 heteroatoms. The van der Waals surface area contributed by atoms with Crippen LogP contribution < -0.4 is 5.32 Å². The van der Waals surface area contributed by atoms with Gasteiger partial charge in [0.1, 0.15) is 6.61 Å². The van der Waals surface area contributed by atoms with Crippen molar-refractivity contribution in [3.05, 3.63) is 59.7 Å². The van der Waals surface area contributed by atoms with E-state index in [0.29, 0.717) is 0 Å². The van der Waals surface area contributed by atoms with Crippen LogP contribution in [-0.2, 0) is 14.3 Å². The Labute approximate surface area is 190 Å². The van der Waals surface area contributed by atoms with Crippen LogP contribution in [-0.4, -0.2) is 60.6 Å². The zero-order chi connectivity index (χ0) is 24.0. The lowest BCUT2D eigenvalue weighted by Gasteiger charge is -2.23. The predicted molar refractivity (Wildman–Crippen MR) is 117 cm³/mol. The highest BCUT2D eigenvalue weighted by atomic mass is 19.3. The van der Waals surface area contributed by atoms with Gasteiger partial charge < -0.3 is 20.1 Å². The Kier molecular flexibility index (Phi) is 7.63. The molecule has 2 aromatic rings. The van der Waals surface area contributed by atoms with Crippen molar-refractivity contribution in [2.75, 3.05) is 26.7 Å². The second kappa shape index (κ2) is 10.4. The molecule has 1 aliphatic carbocycles. The van der Waals surface area contributed by atoms with Crippen molar-refractivity contribution < 1.29 is 33.0 Å². The molecule has 0 saturated heterocycles. The number of nitrogens with zero attached hydrogens (tertiary/aromatic N) is 1. The molecule has 0 bridgehead atoms. The van der Waals surface area contributed by atoms with E-state index >= 15 is 0 Å². The summed E-state index contributed by atoms with van der Waals surface area (Å²) in [4.78, 5) is 35.4. The van der Waals surface area contributed by atoms with Gasteiger partial charge in [0.2, 0.25) is 0 Å². The van der Waals surface area contributed by atoms with E-state index in [2.05, 4.69) is 0 Å². The van der Waals surface area contributed by atoms with Crippen molar-refractivity contribution in [3.63, 3.8) is 0 Å². The van der Waals surface area contributed by atoms with Gasteiger partial charge in [0.25, 0.3) is 5.91 Å². The molecule has 0 atom stereocenters. The number of rotatable bonds is 10. The molecule has 0 aliphatic heterocycles. The van der Waals surface area contributed by atoms with E-state index in [0.717, 1.165) is 27.2 Å². The SMILES string of the molecule is CN(CCCCC(=O)O)C(=O)C(F)(F)CNC(=O)OCC1c2ccccc2-c2ccccc21. The minimum Gasteiger partial charge on any atom is -0.481 e. The van der Waals surface area contributed by atoms with Gasteiger partial charge in [-0.05, 0) is 35.1 Å². The van der Waals surface area contributed by atoms with Gasteiger partial charge in [0.15, 0.2) is 0 Å². The van der Waals surface area contributed by atoms with Gasteiger partial charge >= 0.3 is 18.0 Å². The third-order valence-electron chi connectivity index (χ3n) is 5.59. The summed E-state index contributed by atoms with van der Waals surface area (Å²) in [6.45, 7) is -1.22. The fourth-order valence-corrected chi connectivity index (χ4v) is 3.91. The summed E-state index contributed by atoms with van der Waals surface area (Å²) in [5.41, 5.74) is 4.09. The number of carbonyl (C=O) groups excluding carboxylic acids is 2. The summed E-state index contributed by atoms with van der Waals surface area (Å²) in [6, 6.07) is 15.5. The van der Waals surface area contributed by atoms with Crippen molar-refractivity contribution in [1.82, 2.24) is 10.2 Å². The fraction of sp³-hybridized carbons (Fsp3) is 0.375. The Bertz CT molecular complexity index is 982. The number of halogens is 2. The van der Waals surface area contributed by atoms with E-state index < -0.39 is 30.4 Å². The molecule has 0 heterocycles. The molecule has 2 amide bonds. The summed E-state index contributed by atoms with van der Waals surface area (Å²) in [6.07, 6.45) is -0.573. The number of ether oxygens (including phenoxy) is 1. The number of carboxylic acids is 1. The molecule has 3 rings (SSSR count). The van der Waals surface area contributed by atoms with Gasteiger partial charge in [0.05, 0.1) is 6.54 Å². The maximum Gasteiger partial charge on any atom is 0.407 e. The van der Waals surface area contributed by atoms with Crippen LogP contribution in [0.5, 0.6) is 0 Å². The molecular formula is C24H26F2N2O5. The van der Waals surface area contributed by atoms with E-state index in [1.165, 1.54) is 7.05 Å². The van der Waals surface area contributed by atoms with Crippen molar-refractivity contribution in [2.24, 2.45) is 0 Å². The molecule has 0 saturated carbocycles. The lowest BCUT2D eigenvalue weighted by atomic mass is 9.98. The normalized spacial score (nSPS) is 12.6. The Hall–Kier alpha value is -3.49. The number of carboxylic acid groups (broad SMARTS) is 1. The van der Waals surface area contributed by atoms with E-state index in [1.807, 2.05) is 53.8 Å². The number of nitrogens with one attached hydrogen (secondary N) is 1. The molecule has 176 valence electrons. The highest BCUT2D eigenvalue weighted by Crippen LogP contribution is 2.44. The van der Waals surface area contributed by atoms with E-state index in [4.69, 9.17) is 9.84 Å². The Balaban J connectivity index is 1.50. The van der Waals surface area contributed by atoms with Crippen molar-refractivity contribution >= 4 is 18.0 Å². The minimum absolute atomic E-state index is 0.00729. The van der Waals surface area contributed by atoms with Gasteiger partial charge in [-0.15, -0.1) is 0 Å². The number of hydrogen-bond donors (Lipinski definition) is 2. The van der Waals surface area contributed by atoms with Crippen molar-refractivity contribution in [1.29, 1.82) is 0 Å². The molecular weight excluding hydrogens is 434 g/mol. The fourth-order valence-electron chi connectivity index (χ4n) is 3.91. The van der Waals surface area contributed by atoms with Crippen LogP contribution in [0.1, 0.15) is 36.3 Å². The monoisotopic (exact) mass is 460 g/mol. The summed E-state index contributed by atoms with van der Waals surface area (Å²) in [5.74, 6) is -6.45. The Morgan fingerprint density at radius 1 is 1.03 bits per heavy atom. The Morgan fingerprint density at radius 3 is 2.18 bits per heavy atom. The van der Waals surface area contributed by atoms with E-state index in [-0.39, 0.29) is 38.3 Å². The molecule has 2 aromatic carbocycles. The smallest absolute Gasteiger partial charge is 0.407 e. The molecule has 0 aromatic heterocycles. The van der Waals surface area contributed by atoms with Gasteiger partial charge in [-0.2, -0.15) is 8.78 Å². The number of alkyl halides is 2. The largest absolute Gasteiger partial charge is 0.481 e. The van der Waals surface area contributed by atoms with Crippen LogP contribution in [0.3, 0.4) is 0 Å². The standard InChI is InChI=1S/C24H26F2N2O5/c1-28(13-7-6-12-21(29)30)22(31)24(25,26)15-27-23(32)33-14-20-18-10-4-2-8-16(18)17-9-3-5-11-19(17)20/h2-5,8-11,20H,6-7,12-15H2,1H3,(H,27,32)(H,29,30). The molecule has 0 spiro atoms. The van der Waals surface area contributed by atoms with Gasteiger partial charge in [0, 0.05) is 25.9 Å². The topological polar surface area (TPSA) is 95.9 Å². The summed E-state index contributed by atoms with van der Waals surface area (Å²) >= 11 is 0. The van der Waals surface area contributed by atoms with Gasteiger partial charge in [-0.3, -0.25) is 9.59 Å².